The molecular formula is C24H39N7O6. The molecule has 4 unspecified atom stereocenters. The zero-order valence-electron chi connectivity index (χ0n) is 21.2. The van der Waals surface area contributed by atoms with Gasteiger partial charge >= 0.3 is 5.97 Å². The van der Waals surface area contributed by atoms with Crippen molar-refractivity contribution in [3.63, 3.8) is 0 Å². The second-order valence-corrected chi connectivity index (χ2v) is 9.08. The van der Waals surface area contributed by atoms with Gasteiger partial charge in [0.2, 0.25) is 17.7 Å². The second kappa shape index (κ2) is 16.1. The second-order valence-electron chi connectivity index (χ2n) is 9.08. The molecule has 1 aromatic carbocycles. The fourth-order valence-corrected chi connectivity index (χ4v) is 3.42. The molecule has 0 aliphatic heterocycles. The molecule has 4 atom stereocenters. The van der Waals surface area contributed by atoms with Gasteiger partial charge in [-0.2, -0.15) is 0 Å². The molecule has 0 aliphatic rings. The van der Waals surface area contributed by atoms with Gasteiger partial charge in [-0.3, -0.25) is 19.4 Å². The lowest BCUT2D eigenvalue weighted by Crippen LogP contribution is -2.58. The van der Waals surface area contributed by atoms with Crippen molar-refractivity contribution < 1.29 is 29.4 Å². The molecule has 0 aromatic heterocycles. The van der Waals surface area contributed by atoms with Gasteiger partial charge in [-0.25, -0.2) is 4.79 Å². The van der Waals surface area contributed by atoms with Crippen molar-refractivity contribution >= 4 is 29.7 Å². The number of hydrogen-bond acceptors (Lipinski definition) is 7. The van der Waals surface area contributed by atoms with Crippen LogP contribution >= 0.6 is 0 Å². The number of aliphatic imine (C=N–C) groups is 1. The van der Waals surface area contributed by atoms with Crippen molar-refractivity contribution in [1.29, 1.82) is 0 Å². The highest BCUT2D eigenvalue weighted by molar-refractivity contribution is 5.94. The number of benzene rings is 1. The van der Waals surface area contributed by atoms with E-state index in [0.717, 1.165) is 5.56 Å². The number of aliphatic hydroxyl groups excluding tert-OH is 1. The van der Waals surface area contributed by atoms with Crippen LogP contribution in [0.2, 0.25) is 0 Å². The lowest BCUT2D eigenvalue weighted by Gasteiger charge is -2.25. The summed E-state index contributed by atoms with van der Waals surface area (Å²) in [6, 6.07) is 4.16. The zero-order valence-corrected chi connectivity index (χ0v) is 21.2. The molecule has 0 fully saturated rings. The Morgan fingerprint density at radius 3 is 2.03 bits per heavy atom. The summed E-state index contributed by atoms with van der Waals surface area (Å²) in [6.07, 6.45) is 0.915. The van der Waals surface area contributed by atoms with Crippen molar-refractivity contribution in [2.75, 3.05) is 13.2 Å². The predicted molar refractivity (Wildman–Crippen MR) is 138 cm³/mol. The molecule has 1 rings (SSSR count). The van der Waals surface area contributed by atoms with Gasteiger partial charge in [-0.1, -0.05) is 44.2 Å². The van der Waals surface area contributed by atoms with Crippen LogP contribution in [0.25, 0.3) is 0 Å². The summed E-state index contributed by atoms with van der Waals surface area (Å²) in [4.78, 5) is 53.7. The van der Waals surface area contributed by atoms with Gasteiger partial charge < -0.3 is 43.4 Å². The number of nitrogens with zero attached hydrogens (tertiary/aromatic N) is 1. The van der Waals surface area contributed by atoms with E-state index in [9.17, 15) is 29.4 Å². The lowest BCUT2D eigenvalue weighted by atomic mass is 10.0. The standard InChI is InChI=1S/C24H39N7O6/c1-14(2)11-17(21(34)30-18(23(36)37)12-15-7-4-3-5-8-15)29-22(35)19(13-32)31-20(33)16(25)9-6-10-28-24(26)27/h3-5,7-8,14,16-19,32H,6,9-13,25H2,1-2H3,(H,29,35)(H,30,34)(H,31,33)(H,36,37)(H4,26,27,28). The molecule has 13 heteroatoms. The number of carbonyl (C=O) groups is 4. The van der Waals surface area contributed by atoms with E-state index in [-0.39, 0.29) is 37.7 Å². The Balaban J connectivity index is 2.81. The van der Waals surface area contributed by atoms with Crippen LogP contribution in [0.1, 0.15) is 38.7 Å². The molecule has 11 N–H and O–H groups in total. The quantitative estimate of drug-likeness (QED) is 0.0694. The van der Waals surface area contributed by atoms with E-state index in [4.69, 9.17) is 17.2 Å². The van der Waals surface area contributed by atoms with E-state index in [1.54, 1.807) is 30.3 Å². The van der Waals surface area contributed by atoms with E-state index in [1.807, 2.05) is 13.8 Å². The van der Waals surface area contributed by atoms with Crippen molar-refractivity contribution in [2.24, 2.45) is 28.1 Å². The van der Waals surface area contributed by atoms with Crippen LogP contribution in [0, 0.1) is 5.92 Å². The number of guanidine groups is 1. The highest BCUT2D eigenvalue weighted by Gasteiger charge is 2.30. The van der Waals surface area contributed by atoms with Crippen molar-refractivity contribution in [3.05, 3.63) is 35.9 Å². The van der Waals surface area contributed by atoms with Crippen LogP contribution in [0.5, 0.6) is 0 Å². The van der Waals surface area contributed by atoms with E-state index in [2.05, 4.69) is 20.9 Å². The Labute approximate surface area is 216 Å². The fourth-order valence-electron chi connectivity index (χ4n) is 3.42. The molecular weight excluding hydrogens is 482 g/mol. The number of carboxylic acids is 1. The number of hydrogen-bond donors (Lipinski definition) is 8. The molecule has 206 valence electrons. The van der Waals surface area contributed by atoms with Crippen LogP contribution < -0.4 is 33.2 Å². The molecule has 37 heavy (non-hydrogen) atoms. The lowest BCUT2D eigenvalue weighted by molar-refractivity contribution is -0.142. The molecule has 0 bridgehead atoms. The number of carboxylic acid groups (broad SMARTS) is 1. The predicted octanol–water partition coefficient (Wildman–Crippen LogP) is -1.81. The Morgan fingerprint density at radius 1 is 0.919 bits per heavy atom. The largest absolute Gasteiger partial charge is 0.480 e. The summed E-state index contributed by atoms with van der Waals surface area (Å²) in [6.45, 7) is 3.20. The molecule has 0 saturated carbocycles. The Morgan fingerprint density at radius 2 is 1.49 bits per heavy atom. The van der Waals surface area contributed by atoms with E-state index in [1.165, 1.54) is 0 Å². The normalized spacial score (nSPS) is 14.1. The SMILES string of the molecule is CC(C)CC(NC(=O)C(CO)NC(=O)C(N)CCCN=C(N)N)C(=O)NC(Cc1ccccc1)C(=O)O. The fraction of sp³-hybridized carbons (Fsp3) is 0.542. The number of rotatable bonds is 16. The third-order valence-corrected chi connectivity index (χ3v) is 5.36. The molecule has 3 amide bonds. The number of nitrogens with two attached hydrogens (primary N) is 3. The molecule has 0 aliphatic carbocycles. The summed E-state index contributed by atoms with van der Waals surface area (Å²) >= 11 is 0. The van der Waals surface area contributed by atoms with Gasteiger partial charge in [0, 0.05) is 13.0 Å². The van der Waals surface area contributed by atoms with Gasteiger partial charge in [0.15, 0.2) is 5.96 Å². The van der Waals surface area contributed by atoms with Gasteiger partial charge in [0.25, 0.3) is 0 Å². The van der Waals surface area contributed by atoms with Gasteiger partial charge in [0.05, 0.1) is 12.6 Å². The first-order valence-corrected chi connectivity index (χ1v) is 12.0. The first-order chi connectivity index (χ1) is 17.4. The van der Waals surface area contributed by atoms with Crippen LogP contribution in [0.3, 0.4) is 0 Å². The van der Waals surface area contributed by atoms with E-state index < -0.39 is 54.5 Å². The minimum atomic E-state index is -1.36. The monoisotopic (exact) mass is 521 g/mol. The topological polar surface area (TPSA) is 235 Å². The molecule has 0 radical (unpaired) electrons. The van der Waals surface area contributed by atoms with Crippen molar-refractivity contribution in [2.45, 2.75) is 63.7 Å². The van der Waals surface area contributed by atoms with Gasteiger partial charge in [-0.15, -0.1) is 0 Å². The molecule has 1 aromatic rings. The van der Waals surface area contributed by atoms with Crippen LogP contribution in [0.4, 0.5) is 0 Å². The van der Waals surface area contributed by atoms with Crippen molar-refractivity contribution in [1.82, 2.24) is 16.0 Å². The third-order valence-electron chi connectivity index (χ3n) is 5.36. The summed E-state index contributed by atoms with van der Waals surface area (Å²) < 4.78 is 0. The Hall–Kier alpha value is -3.71. The van der Waals surface area contributed by atoms with Crippen LogP contribution in [-0.4, -0.2) is 77.2 Å². The third kappa shape index (κ3) is 12.2. The maximum atomic E-state index is 13.0. The van der Waals surface area contributed by atoms with Crippen molar-refractivity contribution in [3.8, 4) is 0 Å². The molecule has 13 nitrogen and oxygen atoms in total. The summed E-state index contributed by atoms with van der Waals surface area (Å²) in [7, 11) is 0. The van der Waals surface area contributed by atoms with E-state index in [0.29, 0.717) is 6.42 Å². The molecule has 0 saturated heterocycles. The zero-order chi connectivity index (χ0) is 28.0. The number of amides is 3. The maximum absolute atomic E-state index is 13.0. The highest BCUT2D eigenvalue weighted by Crippen LogP contribution is 2.08. The molecule has 0 heterocycles. The summed E-state index contributed by atoms with van der Waals surface area (Å²) in [5.74, 6) is -3.50. The number of carbonyl (C=O) groups excluding carboxylic acids is 3. The minimum absolute atomic E-state index is 0.0331. The first-order valence-electron chi connectivity index (χ1n) is 12.0. The molecule has 0 spiro atoms. The minimum Gasteiger partial charge on any atom is -0.480 e. The summed E-state index contributed by atoms with van der Waals surface area (Å²) in [5.41, 5.74) is 17.0. The maximum Gasteiger partial charge on any atom is 0.326 e. The number of aliphatic carboxylic acids is 1. The average Bonchev–Trinajstić information content (AvgIpc) is 2.83. The average molecular weight is 522 g/mol. The first kappa shape index (κ1) is 31.3. The highest BCUT2D eigenvalue weighted by atomic mass is 16.4. The van der Waals surface area contributed by atoms with E-state index >= 15 is 0 Å². The smallest absolute Gasteiger partial charge is 0.326 e. The Kier molecular flexibility index (Phi) is 13.6. The number of aliphatic hydroxyl groups is 1. The summed E-state index contributed by atoms with van der Waals surface area (Å²) in [5, 5.41) is 26.6. The van der Waals surface area contributed by atoms with Gasteiger partial charge in [0.1, 0.15) is 18.1 Å². The Bertz CT molecular complexity index is 921. The number of nitrogens with one attached hydrogen (secondary N) is 3. The van der Waals surface area contributed by atoms with Gasteiger partial charge in [-0.05, 0) is 30.7 Å². The van der Waals surface area contributed by atoms with Crippen LogP contribution in [0.15, 0.2) is 35.3 Å². The van der Waals surface area contributed by atoms with Crippen LogP contribution in [-0.2, 0) is 25.6 Å².